The Balaban J connectivity index is 0.00000484. The van der Waals surface area contributed by atoms with Gasteiger partial charge in [0.15, 0.2) is 12.4 Å². The second-order valence-corrected chi connectivity index (χ2v) is 6.45. The number of unbranched alkanes of at least 4 members (excludes halogenated alkanes) is 9. The van der Waals surface area contributed by atoms with Crippen LogP contribution in [0, 0.1) is 0 Å². The van der Waals surface area contributed by atoms with Crippen LogP contribution in [0.3, 0.4) is 0 Å². The summed E-state index contributed by atoms with van der Waals surface area (Å²) in [6.07, 6.45) is 19.9. The van der Waals surface area contributed by atoms with Crippen molar-refractivity contribution in [3.63, 3.8) is 0 Å². The van der Waals surface area contributed by atoms with Crippen LogP contribution < -0.4 is 21.5 Å². The molecule has 134 valence electrons. The highest BCUT2D eigenvalue weighted by molar-refractivity contribution is 5.06. The van der Waals surface area contributed by atoms with Crippen LogP contribution in [0.2, 0.25) is 0 Å². The molecule has 0 unspecified atom stereocenters. The Kier molecular flexibility index (Phi) is 16.2. The molecule has 0 fully saturated rings. The van der Waals surface area contributed by atoms with E-state index in [2.05, 4.69) is 36.0 Å². The van der Waals surface area contributed by atoms with Crippen LogP contribution in [0.15, 0.2) is 24.5 Å². The quantitative estimate of drug-likeness (QED) is 0.383. The molecule has 0 amide bonds. The van der Waals surface area contributed by atoms with E-state index in [9.17, 15) is 0 Å². The SMILES string of the molecule is CCCc1cc[n+](CCCCCCCCCCCCO)cc1.[Br-]. The fourth-order valence-electron chi connectivity index (χ4n) is 2.91. The molecule has 0 radical (unpaired) electrons. The highest BCUT2D eigenvalue weighted by atomic mass is 79.9. The molecule has 1 rings (SSSR count). The smallest absolute Gasteiger partial charge is 0.169 e. The van der Waals surface area contributed by atoms with E-state index in [0.29, 0.717) is 6.61 Å². The number of rotatable bonds is 14. The van der Waals surface area contributed by atoms with Crippen LogP contribution in [0.1, 0.15) is 83.1 Å². The number of hydrogen-bond donors (Lipinski definition) is 1. The lowest BCUT2D eigenvalue weighted by atomic mass is 10.1. The molecule has 0 spiro atoms. The monoisotopic (exact) mass is 385 g/mol. The van der Waals surface area contributed by atoms with Gasteiger partial charge in [0, 0.05) is 25.2 Å². The molecule has 1 aromatic rings. The largest absolute Gasteiger partial charge is 1.00 e. The minimum atomic E-state index is 0. The van der Waals surface area contributed by atoms with E-state index in [1.807, 2.05) is 0 Å². The predicted molar refractivity (Wildman–Crippen MR) is 93.9 cm³/mol. The van der Waals surface area contributed by atoms with Gasteiger partial charge in [0.1, 0.15) is 6.54 Å². The lowest BCUT2D eigenvalue weighted by Gasteiger charge is -2.02. The average Bonchev–Trinajstić information content (AvgIpc) is 2.54. The third-order valence-electron chi connectivity index (χ3n) is 4.32. The fourth-order valence-corrected chi connectivity index (χ4v) is 2.91. The molecule has 0 aliphatic heterocycles. The third kappa shape index (κ3) is 12.7. The third-order valence-corrected chi connectivity index (χ3v) is 4.32. The van der Waals surface area contributed by atoms with Gasteiger partial charge in [0.05, 0.1) is 0 Å². The molecule has 1 heterocycles. The maximum Gasteiger partial charge on any atom is 0.169 e. The van der Waals surface area contributed by atoms with Crippen molar-refractivity contribution >= 4 is 0 Å². The van der Waals surface area contributed by atoms with Gasteiger partial charge in [-0.3, -0.25) is 0 Å². The lowest BCUT2D eigenvalue weighted by Crippen LogP contribution is -3.00. The average molecular weight is 386 g/mol. The van der Waals surface area contributed by atoms with Crippen LogP contribution in [0.25, 0.3) is 0 Å². The maximum absolute atomic E-state index is 8.71. The topological polar surface area (TPSA) is 24.1 Å². The van der Waals surface area contributed by atoms with Crippen LogP contribution in [-0.4, -0.2) is 11.7 Å². The first-order valence-electron chi connectivity index (χ1n) is 9.45. The zero-order valence-corrected chi connectivity index (χ0v) is 16.6. The van der Waals surface area contributed by atoms with Crippen molar-refractivity contribution in [3.8, 4) is 0 Å². The fraction of sp³-hybridized carbons (Fsp3) is 0.750. The van der Waals surface area contributed by atoms with Gasteiger partial charge < -0.3 is 22.1 Å². The summed E-state index contributed by atoms with van der Waals surface area (Å²) in [4.78, 5) is 0. The van der Waals surface area contributed by atoms with Gasteiger partial charge in [0.25, 0.3) is 0 Å². The highest BCUT2D eigenvalue weighted by Crippen LogP contribution is 2.10. The van der Waals surface area contributed by atoms with Crippen molar-refractivity contribution in [2.75, 3.05) is 6.61 Å². The normalized spacial score (nSPS) is 10.5. The Labute approximate surface area is 154 Å². The molecule has 0 atom stereocenters. The summed E-state index contributed by atoms with van der Waals surface area (Å²) in [5, 5.41) is 8.71. The minimum absolute atomic E-state index is 0. The summed E-state index contributed by atoms with van der Waals surface area (Å²) < 4.78 is 2.32. The summed E-state index contributed by atoms with van der Waals surface area (Å²) in [5.74, 6) is 0. The molecule has 0 aliphatic carbocycles. The van der Waals surface area contributed by atoms with Gasteiger partial charge in [-0.15, -0.1) is 0 Å². The zero-order valence-electron chi connectivity index (χ0n) is 15.0. The minimum Gasteiger partial charge on any atom is -1.00 e. The van der Waals surface area contributed by atoms with Crippen molar-refractivity contribution in [2.45, 2.75) is 90.5 Å². The number of aromatic nitrogens is 1. The van der Waals surface area contributed by atoms with Gasteiger partial charge in [-0.25, -0.2) is 4.57 Å². The second kappa shape index (κ2) is 16.4. The van der Waals surface area contributed by atoms with Crippen molar-refractivity contribution < 1.29 is 26.7 Å². The number of aryl methyl sites for hydroxylation is 2. The van der Waals surface area contributed by atoms with E-state index in [1.54, 1.807) is 0 Å². The number of aliphatic hydroxyl groups excluding tert-OH is 1. The zero-order chi connectivity index (χ0) is 15.9. The molecule has 2 nitrogen and oxygen atoms in total. The molecular formula is C20H36BrNO. The Morgan fingerprint density at radius 3 is 1.74 bits per heavy atom. The van der Waals surface area contributed by atoms with Gasteiger partial charge >= 0.3 is 0 Å². The number of aliphatic hydroxyl groups is 1. The summed E-state index contributed by atoms with van der Waals surface area (Å²) in [6.45, 7) is 3.75. The summed E-state index contributed by atoms with van der Waals surface area (Å²) in [6, 6.07) is 4.53. The summed E-state index contributed by atoms with van der Waals surface area (Å²) in [7, 11) is 0. The molecule has 23 heavy (non-hydrogen) atoms. The second-order valence-electron chi connectivity index (χ2n) is 6.45. The van der Waals surface area contributed by atoms with E-state index in [-0.39, 0.29) is 17.0 Å². The Morgan fingerprint density at radius 2 is 1.26 bits per heavy atom. The Bertz CT molecular complexity index is 353. The van der Waals surface area contributed by atoms with E-state index < -0.39 is 0 Å². The first-order chi connectivity index (χ1) is 10.9. The number of nitrogens with zero attached hydrogens (tertiary/aromatic N) is 1. The molecule has 0 aliphatic rings. The first-order valence-corrected chi connectivity index (χ1v) is 9.45. The van der Waals surface area contributed by atoms with E-state index in [1.165, 1.54) is 76.2 Å². The number of pyridine rings is 1. The summed E-state index contributed by atoms with van der Waals surface area (Å²) >= 11 is 0. The Morgan fingerprint density at radius 1 is 0.783 bits per heavy atom. The molecule has 0 bridgehead atoms. The van der Waals surface area contributed by atoms with Gasteiger partial charge in [0.2, 0.25) is 0 Å². The standard InChI is InChI=1S/C20H36NO.BrH/c1-2-13-20-14-17-21(18-15-20)16-11-9-7-5-3-4-6-8-10-12-19-22;/h14-15,17-18,22H,2-13,16,19H2,1H3;1H/q+1;/p-1. The van der Waals surface area contributed by atoms with Crippen molar-refractivity contribution in [1.82, 2.24) is 0 Å². The molecule has 3 heteroatoms. The van der Waals surface area contributed by atoms with Gasteiger partial charge in [-0.1, -0.05) is 58.3 Å². The molecule has 0 saturated carbocycles. The van der Waals surface area contributed by atoms with Crippen LogP contribution in [0.5, 0.6) is 0 Å². The molecule has 1 N–H and O–H groups in total. The molecule has 1 aromatic heterocycles. The van der Waals surface area contributed by atoms with E-state index >= 15 is 0 Å². The van der Waals surface area contributed by atoms with Gasteiger partial charge in [-0.2, -0.15) is 0 Å². The van der Waals surface area contributed by atoms with Crippen LogP contribution in [-0.2, 0) is 13.0 Å². The first kappa shape index (κ1) is 22.6. The lowest BCUT2D eigenvalue weighted by molar-refractivity contribution is -0.697. The Hall–Kier alpha value is -0.410. The van der Waals surface area contributed by atoms with Crippen molar-refractivity contribution in [1.29, 1.82) is 0 Å². The van der Waals surface area contributed by atoms with Crippen molar-refractivity contribution in [2.24, 2.45) is 0 Å². The molecular weight excluding hydrogens is 350 g/mol. The molecule has 0 saturated heterocycles. The number of hydrogen-bond acceptors (Lipinski definition) is 1. The maximum atomic E-state index is 8.71. The van der Waals surface area contributed by atoms with E-state index in [0.717, 1.165) is 13.0 Å². The van der Waals surface area contributed by atoms with Crippen LogP contribution >= 0.6 is 0 Å². The number of halogens is 1. The van der Waals surface area contributed by atoms with Gasteiger partial charge in [-0.05, 0) is 24.8 Å². The van der Waals surface area contributed by atoms with Crippen molar-refractivity contribution in [3.05, 3.63) is 30.1 Å². The highest BCUT2D eigenvalue weighted by Gasteiger charge is 2.00. The van der Waals surface area contributed by atoms with Crippen LogP contribution in [0.4, 0.5) is 0 Å². The molecule has 0 aromatic carbocycles. The van der Waals surface area contributed by atoms with E-state index in [4.69, 9.17) is 5.11 Å². The summed E-state index contributed by atoms with van der Waals surface area (Å²) in [5.41, 5.74) is 1.46. The predicted octanol–water partition coefficient (Wildman–Crippen LogP) is 1.82.